The lowest BCUT2D eigenvalue weighted by atomic mass is 10.2. The fraction of sp³-hybridized carbons (Fsp3) is 0.263. The van der Waals surface area contributed by atoms with Crippen molar-refractivity contribution in [2.24, 2.45) is 0 Å². The Labute approximate surface area is 156 Å². The van der Waals surface area contributed by atoms with E-state index in [9.17, 15) is 9.59 Å². The van der Waals surface area contributed by atoms with Crippen molar-refractivity contribution in [3.63, 3.8) is 0 Å². The van der Waals surface area contributed by atoms with Gasteiger partial charge in [-0.05, 0) is 61.9 Å². The van der Waals surface area contributed by atoms with Crippen LogP contribution in [0, 0.1) is 0 Å². The van der Waals surface area contributed by atoms with Gasteiger partial charge in [0, 0.05) is 34.3 Å². The third-order valence-corrected chi connectivity index (χ3v) is 5.38. The molecule has 2 aromatic carbocycles. The molecule has 6 heteroatoms. The van der Waals surface area contributed by atoms with Crippen LogP contribution < -0.4 is 10.2 Å². The Bertz CT molecular complexity index is 762. The lowest BCUT2D eigenvalue weighted by molar-refractivity contribution is -0.117. The number of benzene rings is 2. The molecule has 1 aliphatic rings. The van der Waals surface area contributed by atoms with Gasteiger partial charge in [-0.1, -0.05) is 11.6 Å². The van der Waals surface area contributed by atoms with Crippen LogP contribution in [0.25, 0.3) is 0 Å². The van der Waals surface area contributed by atoms with Gasteiger partial charge >= 0.3 is 0 Å². The monoisotopic (exact) mass is 374 g/mol. The lowest BCUT2D eigenvalue weighted by Crippen LogP contribution is -2.24. The van der Waals surface area contributed by atoms with Gasteiger partial charge in [-0.25, -0.2) is 0 Å². The Morgan fingerprint density at radius 1 is 1.16 bits per heavy atom. The zero-order chi connectivity index (χ0) is 17.8. The molecule has 1 fully saturated rings. The maximum Gasteiger partial charge on any atom is 0.237 e. The van der Waals surface area contributed by atoms with Gasteiger partial charge in [0.05, 0.1) is 5.25 Å². The van der Waals surface area contributed by atoms with Gasteiger partial charge in [-0.3, -0.25) is 9.59 Å². The molecular weight excluding hydrogens is 356 g/mol. The van der Waals surface area contributed by atoms with Crippen LogP contribution in [0.15, 0.2) is 53.4 Å². The molecular formula is C19H19ClN2O2S. The Hall–Kier alpha value is -1.98. The predicted molar refractivity (Wildman–Crippen MR) is 103 cm³/mol. The summed E-state index contributed by atoms with van der Waals surface area (Å²) in [5.74, 6) is 0.0923. The normalized spacial score (nSPS) is 15.3. The topological polar surface area (TPSA) is 49.4 Å². The van der Waals surface area contributed by atoms with E-state index < -0.39 is 0 Å². The third kappa shape index (κ3) is 4.55. The maximum atomic E-state index is 12.4. The Morgan fingerprint density at radius 3 is 2.44 bits per heavy atom. The second-order valence-corrected chi connectivity index (χ2v) is 7.75. The van der Waals surface area contributed by atoms with E-state index in [-0.39, 0.29) is 17.1 Å². The molecule has 1 saturated heterocycles. The number of nitrogens with one attached hydrogen (secondary N) is 1. The van der Waals surface area contributed by atoms with Gasteiger partial charge in [-0.15, -0.1) is 11.8 Å². The average Bonchev–Trinajstić information content (AvgIpc) is 3.03. The van der Waals surface area contributed by atoms with Crippen LogP contribution in [-0.4, -0.2) is 23.6 Å². The average molecular weight is 375 g/mol. The summed E-state index contributed by atoms with van der Waals surface area (Å²) < 4.78 is 0. The molecule has 0 spiro atoms. The van der Waals surface area contributed by atoms with Crippen LogP contribution in [0.1, 0.15) is 19.8 Å². The number of halogens is 1. The largest absolute Gasteiger partial charge is 0.325 e. The first kappa shape index (κ1) is 17.8. The fourth-order valence-corrected chi connectivity index (χ4v) is 3.65. The van der Waals surface area contributed by atoms with E-state index in [1.807, 2.05) is 55.5 Å². The van der Waals surface area contributed by atoms with Crippen molar-refractivity contribution in [1.82, 2.24) is 0 Å². The molecule has 0 bridgehead atoms. The van der Waals surface area contributed by atoms with E-state index in [0.717, 1.165) is 29.2 Å². The van der Waals surface area contributed by atoms with Gasteiger partial charge in [-0.2, -0.15) is 0 Å². The number of thioether (sulfide) groups is 1. The molecule has 3 rings (SSSR count). The minimum Gasteiger partial charge on any atom is -0.325 e. The van der Waals surface area contributed by atoms with E-state index >= 15 is 0 Å². The minimum atomic E-state index is -0.235. The molecule has 1 N–H and O–H groups in total. The van der Waals surface area contributed by atoms with Crippen LogP contribution >= 0.6 is 23.4 Å². The van der Waals surface area contributed by atoms with Crippen LogP contribution in [0.5, 0.6) is 0 Å². The van der Waals surface area contributed by atoms with Crippen LogP contribution in [-0.2, 0) is 9.59 Å². The van der Waals surface area contributed by atoms with Gasteiger partial charge in [0.2, 0.25) is 11.8 Å². The molecule has 4 nitrogen and oxygen atoms in total. The summed E-state index contributed by atoms with van der Waals surface area (Å²) in [4.78, 5) is 26.9. The van der Waals surface area contributed by atoms with Crippen LogP contribution in [0.4, 0.5) is 11.4 Å². The highest BCUT2D eigenvalue weighted by Gasteiger charge is 2.21. The highest BCUT2D eigenvalue weighted by atomic mass is 35.5. The Morgan fingerprint density at radius 2 is 1.84 bits per heavy atom. The van der Waals surface area contributed by atoms with Gasteiger partial charge in [0.15, 0.2) is 0 Å². The van der Waals surface area contributed by atoms with Gasteiger partial charge in [0.1, 0.15) is 0 Å². The van der Waals surface area contributed by atoms with Crippen molar-refractivity contribution in [2.75, 3.05) is 16.8 Å². The molecule has 130 valence electrons. The summed E-state index contributed by atoms with van der Waals surface area (Å²) in [6, 6.07) is 14.8. The number of anilines is 2. The second-order valence-electron chi connectivity index (χ2n) is 5.90. The number of hydrogen-bond donors (Lipinski definition) is 1. The van der Waals surface area contributed by atoms with Crippen molar-refractivity contribution < 1.29 is 9.59 Å². The zero-order valence-electron chi connectivity index (χ0n) is 13.9. The molecule has 0 aromatic heterocycles. The number of carbonyl (C=O) groups is 2. The Kier molecular flexibility index (Phi) is 5.66. The standard InChI is InChI=1S/C19H19ClN2O2S/c1-13(25-17-10-4-14(20)5-11-17)19(24)21-15-6-8-16(9-7-15)22-12-2-3-18(22)23/h4-11,13H,2-3,12H2,1H3,(H,21,24)/t13-/m1/s1. The van der Waals surface area contributed by atoms with Crippen molar-refractivity contribution in [2.45, 2.75) is 29.9 Å². The Balaban J connectivity index is 1.58. The van der Waals surface area contributed by atoms with E-state index in [2.05, 4.69) is 5.32 Å². The molecule has 0 aliphatic carbocycles. The van der Waals surface area contributed by atoms with Crippen LogP contribution in [0.2, 0.25) is 5.02 Å². The summed E-state index contributed by atoms with van der Waals surface area (Å²) in [7, 11) is 0. The third-order valence-electron chi connectivity index (χ3n) is 4.02. The first-order valence-corrected chi connectivity index (χ1v) is 9.42. The molecule has 0 radical (unpaired) electrons. The molecule has 1 aliphatic heterocycles. The van der Waals surface area contributed by atoms with Crippen molar-refractivity contribution >= 4 is 46.6 Å². The van der Waals surface area contributed by atoms with Crippen molar-refractivity contribution in [1.29, 1.82) is 0 Å². The number of amides is 2. The van der Waals surface area contributed by atoms with E-state index in [0.29, 0.717) is 11.4 Å². The zero-order valence-corrected chi connectivity index (χ0v) is 15.4. The van der Waals surface area contributed by atoms with E-state index in [1.165, 1.54) is 11.8 Å². The first-order valence-electron chi connectivity index (χ1n) is 8.16. The maximum absolute atomic E-state index is 12.4. The quantitative estimate of drug-likeness (QED) is 0.779. The van der Waals surface area contributed by atoms with Crippen molar-refractivity contribution in [3.05, 3.63) is 53.6 Å². The minimum absolute atomic E-state index is 0.0649. The lowest BCUT2D eigenvalue weighted by Gasteiger charge is -2.16. The number of rotatable bonds is 5. The summed E-state index contributed by atoms with van der Waals surface area (Å²) in [6.45, 7) is 2.63. The second kappa shape index (κ2) is 7.93. The molecule has 25 heavy (non-hydrogen) atoms. The summed E-state index contributed by atoms with van der Waals surface area (Å²) in [5.41, 5.74) is 1.60. The predicted octanol–water partition coefficient (Wildman–Crippen LogP) is 4.59. The molecule has 2 amide bonds. The van der Waals surface area contributed by atoms with E-state index in [1.54, 1.807) is 4.90 Å². The summed E-state index contributed by atoms with van der Waals surface area (Å²) in [6.07, 6.45) is 1.51. The smallest absolute Gasteiger partial charge is 0.237 e. The van der Waals surface area contributed by atoms with Gasteiger partial charge < -0.3 is 10.2 Å². The van der Waals surface area contributed by atoms with Gasteiger partial charge in [0.25, 0.3) is 0 Å². The van der Waals surface area contributed by atoms with E-state index in [4.69, 9.17) is 11.6 Å². The van der Waals surface area contributed by atoms with Crippen molar-refractivity contribution in [3.8, 4) is 0 Å². The number of nitrogens with zero attached hydrogens (tertiary/aromatic N) is 1. The highest BCUT2D eigenvalue weighted by molar-refractivity contribution is 8.00. The number of hydrogen-bond acceptors (Lipinski definition) is 3. The SMILES string of the molecule is C[C@@H](Sc1ccc(Cl)cc1)C(=O)Nc1ccc(N2CCCC2=O)cc1. The summed E-state index contributed by atoms with van der Waals surface area (Å²) in [5, 5.41) is 3.36. The molecule has 1 atom stereocenters. The molecule has 0 unspecified atom stereocenters. The van der Waals surface area contributed by atoms with Crippen LogP contribution in [0.3, 0.4) is 0 Å². The highest BCUT2D eigenvalue weighted by Crippen LogP contribution is 2.26. The molecule has 2 aromatic rings. The number of carbonyl (C=O) groups excluding carboxylic acids is 2. The molecule has 0 saturated carbocycles. The fourth-order valence-electron chi connectivity index (χ4n) is 2.66. The molecule has 1 heterocycles. The summed E-state index contributed by atoms with van der Waals surface area (Å²) >= 11 is 7.35. The first-order chi connectivity index (χ1) is 12.0.